The van der Waals surface area contributed by atoms with E-state index in [4.69, 9.17) is 40.5 Å². The molecule has 9 heteroatoms. The Hall–Kier alpha value is -1.63. The second-order valence-corrected chi connectivity index (χ2v) is 7.01. The van der Waals surface area contributed by atoms with Gasteiger partial charge in [0.15, 0.2) is 0 Å². The van der Waals surface area contributed by atoms with Gasteiger partial charge in [-0.3, -0.25) is 0 Å². The van der Waals surface area contributed by atoms with Crippen LogP contribution < -0.4 is 10.6 Å². The normalized spacial score (nSPS) is 15.2. The van der Waals surface area contributed by atoms with E-state index in [0.717, 1.165) is 24.1 Å². The lowest BCUT2D eigenvalue weighted by atomic mass is 9.99. The Morgan fingerprint density at radius 2 is 1.73 bits per heavy atom. The van der Waals surface area contributed by atoms with Crippen LogP contribution >= 0.6 is 34.8 Å². The van der Waals surface area contributed by atoms with Crippen molar-refractivity contribution >= 4 is 52.1 Å². The molecule has 0 unspecified atom stereocenters. The molecule has 26 heavy (non-hydrogen) atoms. The van der Waals surface area contributed by atoms with Gasteiger partial charge in [0.05, 0.1) is 26.3 Å². The van der Waals surface area contributed by atoms with Crippen LogP contribution in [0.25, 0.3) is 0 Å². The lowest BCUT2D eigenvalue weighted by molar-refractivity contribution is -0.137. The number of rotatable bonds is 1. The largest absolute Gasteiger partial charge is 0.416 e. The van der Waals surface area contributed by atoms with Crippen LogP contribution in [0.1, 0.15) is 17.5 Å². The Morgan fingerprint density at radius 1 is 1.04 bits per heavy atom. The number of anilines is 1. The van der Waals surface area contributed by atoms with E-state index in [9.17, 15) is 13.2 Å². The number of hydrogen-bond acceptors (Lipinski definition) is 1. The number of nitrogens with zero attached hydrogens (tertiary/aromatic N) is 2. The van der Waals surface area contributed by atoms with Crippen molar-refractivity contribution in [3.05, 3.63) is 56.5 Å². The number of nitrogens with two attached hydrogens (primary N) is 1. The molecule has 2 aromatic carbocycles. The van der Waals surface area contributed by atoms with Gasteiger partial charge in [0, 0.05) is 12.2 Å². The number of guanidine groups is 1. The van der Waals surface area contributed by atoms with E-state index in [1.807, 2.05) is 0 Å². The van der Waals surface area contributed by atoms with Crippen LogP contribution in [0.2, 0.25) is 15.1 Å². The maximum atomic E-state index is 13.0. The second kappa shape index (κ2) is 7.18. The van der Waals surface area contributed by atoms with Crippen molar-refractivity contribution < 1.29 is 13.2 Å². The van der Waals surface area contributed by atoms with Crippen molar-refractivity contribution in [2.45, 2.75) is 19.0 Å². The Morgan fingerprint density at radius 3 is 2.42 bits per heavy atom. The number of aryl methyl sites for hydroxylation is 1. The van der Waals surface area contributed by atoms with Gasteiger partial charge in [-0.25, -0.2) is 4.99 Å². The monoisotopic (exact) mass is 421 g/mol. The van der Waals surface area contributed by atoms with Gasteiger partial charge < -0.3 is 10.6 Å². The van der Waals surface area contributed by atoms with Gasteiger partial charge in [0.25, 0.3) is 0 Å². The van der Waals surface area contributed by atoms with Gasteiger partial charge >= 0.3 is 6.18 Å². The van der Waals surface area contributed by atoms with E-state index in [-0.39, 0.29) is 26.7 Å². The molecule has 0 atom stereocenters. The van der Waals surface area contributed by atoms with Gasteiger partial charge in [0.1, 0.15) is 0 Å². The molecule has 0 aromatic heterocycles. The van der Waals surface area contributed by atoms with Crippen molar-refractivity contribution in [2.75, 3.05) is 11.4 Å². The molecule has 0 bridgehead atoms. The minimum Gasteiger partial charge on any atom is -0.369 e. The van der Waals surface area contributed by atoms with E-state index >= 15 is 0 Å². The predicted molar refractivity (Wildman–Crippen MR) is 99.9 cm³/mol. The highest BCUT2D eigenvalue weighted by atomic mass is 35.5. The minimum absolute atomic E-state index is 0.0329. The van der Waals surface area contributed by atoms with E-state index in [1.165, 1.54) is 18.2 Å². The summed E-state index contributed by atoms with van der Waals surface area (Å²) in [6, 6.07) is 6.53. The lowest BCUT2D eigenvalue weighted by Gasteiger charge is -2.31. The maximum Gasteiger partial charge on any atom is 0.416 e. The molecule has 3 nitrogen and oxygen atoms in total. The number of aliphatic imine (C=N–C) groups is 1. The van der Waals surface area contributed by atoms with Crippen molar-refractivity contribution in [3.8, 4) is 0 Å². The number of hydrogen-bond donors (Lipinski definition) is 1. The molecule has 1 aliphatic heterocycles. The molecule has 1 aliphatic rings. The van der Waals surface area contributed by atoms with Crippen LogP contribution in [0.4, 0.5) is 24.5 Å². The summed E-state index contributed by atoms with van der Waals surface area (Å²) in [5, 5.41) is 0.761. The topological polar surface area (TPSA) is 41.6 Å². The fraction of sp³-hybridized carbons (Fsp3) is 0.235. The van der Waals surface area contributed by atoms with Crippen LogP contribution in [0, 0.1) is 0 Å². The average Bonchev–Trinajstić information content (AvgIpc) is 2.57. The minimum atomic E-state index is -4.43. The van der Waals surface area contributed by atoms with Crippen LogP contribution in [0.15, 0.2) is 35.3 Å². The zero-order valence-electron chi connectivity index (χ0n) is 13.2. The number of fused-ring (bicyclic) bond motifs is 1. The lowest BCUT2D eigenvalue weighted by Crippen LogP contribution is -2.40. The summed E-state index contributed by atoms with van der Waals surface area (Å²) < 4.78 is 39.1. The Balaban J connectivity index is 2.02. The highest BCUT2D eigenvalue weighted by Crippen LogP contribution is 2.37. The van der Waals surface area contributed by atoms with Gasteiger partial charge in [0.2, 0.25) is 5.96 Å². The third-order valence-electron chi connectivity index (χ3n) is 4.03. The maximum absolute atomic E-state index is 13.0. The van der Waals surface area contributed by atoms with E-state index in [2.05, 4.69) is 4.99 Å². The quantitative estimate of drug-likeness (QED) is 0.344. The summed E-state index contributed by atoms with van der Waals surface area (Å²) in [7, 11) is 0. The summed E-state index contributed by atoms with van der Waals surface area (Å²) in [4.78, 5) is 5.79. The molecule has 2 aromatic rings. The van der Waals surface area contributed by atoms with Crippen LogP contribution in [0.5, 0.6) is 0 Å². The van der Waals surface area contributed by atoms with Gasteiger partial charge in [-0.2, -0.15) is 13.2 Å². The standard InChI is InChI=1S/C17H13Cl3F3N3/c18-11-7-13(20)14(8-12(11)19)25-16(24)26-5-1-2-9-3-4-10(6-15(9)26)17(21,22)23/h3-4,6-8H,1-2,5H2,(H2,24,25). The zero-order valence-corrected chi connectivity index (χ0v) is 15.5. The fourth-order valence-corrected chi connectivity index (χ4v) is 3.35. The van der Waals surface area contributed by atoms with Gasteiger partial charge in [-0.1, -0.05) is 40.9 Å². The Kier molecular flexibility index (Phi) is 5.28. The molecule has 0 aliphatic carbocycles. The van der Waals surface area contributed by atoms with E-state index in [1.54, 1.807) is 4.90 Å². The van der Waals surface area contributed by atoms with Crippen LogP contribution in [-0.4, -0.2) is 12.5 Å². The second-order valence-electron chi connectivity index (χ2n) is 5.78. The molecular formula is C17H13Cl3F3N3. The summed E-state index contributed by atoms with van der Waals surface area (Å²) in [5.74, 6) is 0.0329. The summed E-state index contributed by atoms with van der Waals surface area (Å²) in [6.45, 7) is 0.447. The van der Waals surface area contributed by atoms with Crippen molar-refractivity contribution in [1.82, 2.24) is 0 Å². The fourth-order valence-electron chi connectivity index (χ4n) is 2.77. The van der Waals surface area contributed by atoms with Crippen molar-refractivity contribution in [3.63, 3.8) is 0 Å². The molecule has 2 N–H and O–H groups in total. The molecule has 0 spiro atoms. The van der Waals surface area contributed by atoms with Crippen LogP contribution in [-0.2, 0) is 12.6 Å². The number of benzene rings is 2. The van der Waals surface area contributed by atoms with Crippen molar-refractivity contribution in [1.29, 1.82) is 0 Å². The zero-order chi connectivity index (χ0) is 19.1. The highest BCUT2D eigenvalue weighted by Gasteiger charge is 2.32. The first kappa shape index (κ1) is 19.1. The van der Waals surface area contributed by atoms with E-state index < -0.39 is 11.7 Å². The number of halogens is 6. The molecule has 1 heterocycles. The molecule has 0 radical (unpaired) electrons. The van der Waals surface area contributed by atoms with Gasteiger partial charge in [-0.15, -0.1) is 0 Å². The molecule has 0 fully saturated rings. The van der Waals surface area contributed by atoms with Crippen LogP contribution in [0.3, 0.4) is 0 Å². The van der Waals surface area contributed by atoms with Crippen molar-refractivity contribution in [2.24, 2.45) is 10.7 Å². The smallest absolute Gasteiger partial charge is 0.369 e. The Labute approximate surface area is 163 Å². The first-order chi connectivity index (χ1) is 12.2. The predicted octanol–water partition coefficient (Wildman–Crippen LogP) is 6.06. The third-order valence-corrected chi connectivity index (χ3v) is 5.06. The number of alkyl halides is 3. The first-order valence-electron chi connectivity index (χ1n) is 7.63. The Bertz CT molecular complexity index is 882. The molecular weight excluding hydrogens is 410 g/mol. The third kappa shape index (κ3) is 3.87. The van der Waals surface area contributed by atoms with E-state index in [0.29, 0.717) is 18.7 Å². The SMILES string of the molecule is NC(=Nc1cc(Cl)c(Cl)cc1Cl)N1CCCc2ccc(C(F)(F)F)cc21. The summed E-state index contributed by atoms with van der Waals surface area (Å²) in [5.41, 5.74) is 6.80. The first-order valence-corrected chi connectivity index (χ1v) is 8.76. The molecule has 0 saturated heterocycles. The average molecular weight is 423 g/mol. The highest BCUT2D eigenvalue weighted by molar-refractivity contribution is 6.44. The molecule has 0 saturated carbocycles. The molecule has 0 amide bonds. The molecule has 3 rings (SSSR count). The summed E-state index contributed by atoms with van der Waals surface area (Å²) in [6.07, 6.45) is -3.02. The molecule has 138 valence electrons. The van der Waals surface area contributed by atoms with Gasteiger partial charge in [-0.05, 0) is 42.7 Å². The summed E-state index contributed by atoms with van der Waals surface area (Å²) >= 11 is 17.9.